The molecule has 1 aliphatic carbocycles. The highest BCUT2D eigenvalue weighted by Crippen LogP contribution is 2.19. The van der Waals surface area contributed by atoms with Gasteiger partial charge in [0.25, 0.3) is 0 Å². The normalized spacial score (nSPS) is 15.2. The van der Waals surface area contributed by atoms with Gasteiger partial charge >= 0.3 is 0 Å². The molecule has 0 aliphatic heterocycles. The molecule has 0 heterocycles. The molecule has 2 amide bonds. The number of amides is 2. The number of carbonyl (C=O) groups is 2. The van der Waals surface area contributed by atoms with E-state index in [9.17, 15) is 18.0 Å². The lowest BCUT2D eigenvalue weighted by molar-refractivity contribution is -0.140. The minimum atomic E-state index is -3.60. The van der Waals surface area contributed by atoms with Gasteiger partial charge in [-0.3, -0.25) is 9.59 Å². The van der Waals surface area contributed by atoms with E-state index in [0.29, 0.717) is 19.4 Å². The van der Waals surface area contributed by atoms with Gasteiger partial charge in [-0.1, -0.05) is 61.4 Å². The first kappa shape index (κ1) is 26.9. The van der Waals surface area contributed by atoms with Crippen molar-refractivity contribution in [2.24, 2.45) is 0 Å². The van der Waals surface area contributed by atoms with Crippen molar-refractivity contribution < 1.29 is 18.0 Å². The molecule has 0 saturated heterocycles. The van der Waals surface area contributed by atoms with Gasteiger partial charge in [0, 0.05) is 32.6 Å². The van der Waals surface area contributed by atoms with Gasteiger partial charge in [-0.25, -0.2) is 12.7 Å². The van der Waals surface area contributed by atoms with Crippen LogP contribution in [0.4, 0.5) is 0 Å². The Hall–Kier alpha value is -2.71. The number of rotatable bonds is 12. The Morgan fingerprint density at radius 3 is 2.20 bits per heavy atom. The SMILES string of the molecule is C[C@H](C(=O)NC1CCCC1)N(CCc1ccccc1)C(=O)CCCN(C)S(=O)(=O)c1ccccc1. The minimum absolute atomic E-state index is 0.123. The molecule has 190 valence electrons. The van der Waals surface area contributed by atoms with Crippen LogP contribution in [0.1, 0.15) is 51.0 Å². The molecule has 0 unspecified atom stereocenters. The maximum Gasteiger partial charge on any atom is 0.242 e. The molecule has 8 heteroatoms. The molecule has 1 aliphatic rings. The average molecular weight is 500 g/mol. The van der Waals surface area contributed by atoms with Crippen LogP contribution in [0.15, 0.2) is 65.6 Å². The zero-order valence-corrected chi connectivity index (χ0v) is 21.5. The Morgan fingerprint density at radius 2 is 1.57 bits per heavy atom. The molecule has 3 rings (SSSR count). The van der Waals surface area contributed by atoms with Crippen LogP contribution in [0.5, 0.6) is 0 Å². The summed E-state index contributed by atoms with van der Waals surface area (Å²) >= 11 is 0. The van der Waals surface area contributed by atoms with Crippen LogP contribution in [-0.2, 0) is 26.0 Å². The number of sulfonamides is 1. The molecule has 1 N–H and O–H groups in total. The number of nitrogens with zero attached hydrogens (tertiary/aromatic N) is 2. The number of hydrogen-bond donors (Lipinski definition) is 1. The summed E-state index contributed by atoms with van der Waals surface area (Å²) in [5, 5.41) is 3.10. The van der Waals surface area contributed by atoms with Crippen LogP contribution in [0, 0.1) is 0 Å². The number of carbonyl (C=O) groups excluding carboxylic acids is 2. The van der Waals surface area contributed by atoms with E-state index in [1.165, 1.54) is 11.4 Å². The first-order valence-electron chi connectivity index (χ1n) is 12.4. The monoisotopic (exact) mass is 499 g/mol. The van der Waals surface area contributed by atoms with E-state index in [1.54, 1.807) is 42.2 Å². The highest BCUT2D eigenvalue weighted by atomic mass is 32.2. The Labute approximate surface area is 209 Å². The van der Waals surface area contributed by atoms with Crippen molar-refractivity contribution in [3.63, 3.8) is 0 Å². The zero-order chi connectivity index (χ0) is 25.3. The molecule has 35 heavy (non-hydrogen) atoms. The second-order valence-corrected chi connectivity index (χ2v) is 11.3. The quantitative estimate of drug-likeness (QED) is 0.483. The summed E-state index contributed by atoms with van der Waals surface area (Å²) in [7, 11) is -2.08. The first-order valence-corrected chi connectivity index (χ1v) is 13.9. The molecule has 0 bridgehead atoms. The molecular formula is C27H37N3O4S. The van der Waals surface area contributed by atoms with Crippen LogP contribution < -0.4 is 5.32 Å². The predicted octanol–water partition coefficient (Wildman–Crippen LogP) is 3.61. The summed E-state index contributed by atoms with van der Waals surface area (Å²) < 4.78 is 26.8. The lowest BCUT2D eigenvalue weighted by atomic mass is 10.1. The second-order valence-electron chi connectivity index (χ2n) is 9.23. The van der Waals surface area contributed by atoms with E-state index < -0.39 is 16.1 Å². The van der Waals surface area contributed by atoms with Crippen molar-refractivity contribution in [2.75, 3.05) is 20.1 Å². The number of hydrogen-bond acceptors (Lipinski definition) is 4. The van der Waals surface area contributed by atoms with Crippen LogP contribution >= 0.6 is 0 Å². The van der Waals surface area contributed by atoms with Crippen LogP contribution in [-0.4, -0.2) is 61.7 Å². The van der Waals surface area contributed by atoms with Crippen molar-refractivity contribution >= 4 is 21.8 Å². The van der Waals surface area contributed by atoms with Gasteiger partial charge in [0.05, 0.1) is 4.90 Å². The third-order valence-corrected chi connectivity index (χ3v) is 8.54. The Balaban J connectivity index is 1.60. The highest BCUT2D eigenvalue weighted by molar-refractivity contribution is 7.89. The van der Waals surface area contributed by atoms with Gasteiger partial charge in [0.1, 0.15) is 6.04 Å². The maximum absolute atomic E-state index is 13.2. The summed E-state index contributed by atoms with van der Waals surface area (Å²) in [6.45, 7) is 2.43. The summed E-state index contributed by atoms with van der Waals surface area (Å²) in [5.74, 6) is -0.261. The Bertz CT molecular complexity index is 1050. The summed E-state index contributed by atoms with van der Waals surface area (Å²) in [4.78, 5) is 28.0. The summed E-state index contributed by atoms with van der Waals surface area (Å²) in [5.41, 5.74) is 1.10. The fraction of sp³-hybridized carbons (Fsp3) is 0.481. The van der Waals surface area contributed by atoms with Crippen LogP contribution in [0.2, 0.25) is 0 Å². The number of nitrogens with one attached hydrogen (secondary N) is 1. The van der Waals surface area contributed by atoms with Crippen molar-refractivity contribution in [1.82, 2.24) is 14.5 Å². The third-order valence-electron chi connectivity index (χ3n) is 6.67. The average Bonchev–Trinajstić information content (AvgIpc) is 3.38. The van der Waals surface area contributed by atoms with Gasteiger partial charge in [-0.2, -0.15) is 0 Å². The smallest absolute Gasteiger partial charge is 0.242 e. The molecule has 1 fully saturated rings. The molecule has 1 atom stereocenters. The maximum atomic E-state index is 13.2. The van der Waals surface area contributed by atoms with E-state index >= 15 is 0 Å². The highest BCUT2D eigenvalue weighted by Gasteiger charge is 2.28. The largest absolute Gasteiger partial charge is 0.352 e. The third kappa shape index (κ3) is 7.64. The Morgan fingerprint density at radius 1 is 0.971 bits per heavy atom. The Kier molecular flexibility index (Phi) is 9.86. The van der Waals surface area contributed by atoms with Crippen LogP contribution in [0.3, 0.4) is 0 Å². The van der Waals surface area contributed by atoms with Gasteiger partial charge < -0.3 is 10.2 Å². The van der Waals surface area contributed by atoms with E-state index in [-0.39, 0.29) is 35.7 Å². The fourth-order valence-corrected chi connectivity index (χ4v) is 5.68. The van der Waals surface area contributed by atoms with E-state index in [2.05, 4.69) is 5.32 Å². The lowest BCUT2D eigenvalue weighted by Crippen LogP contribution is -2.50. The molecular weight excluding hydrogens is 462 g/mol. The standard InChI is InChI=1S/C27H37N3O4S/c1-22(27(32)28-24-14-9-10-15-24)30(21-19-23-12-5-3-6-13-23)26(31)18-11-20-29(2)35(33,34)25-16-7-4-8-17-25/h3-8,12-13,16-17,22,24H,9-11,14-15,18-21H2,1-2H3,(H,28,32)/t22-/m1/s1. The molecule has 0 aromatic heterocycles. The molecule has 7 nitrogen and oxygen atoms in total. The van der Waals surface area contributed by atoms with Crippen molar-refractivity contribution in [2.45, 2.75) is 68.8 Å². The lowest BCUT2D eigenvalue weighted by Gasteiger charge is -2.30. The summed E-state index contributed by atoms with van der Waals surface area (Å²) in [6.07, 6.45) is 5.41. The van der Waals surface area contributed by atoms with E-state index in [1.807, 2.05) is 30.3 Å². The first-order chi connectivity index (χ1) is 16.8. The van der Waals surface area contributed by atoms with Gasteiger partial charge in [-0.15, -0.1) is 0 Å². The van der Waals surface area contributed by atoms with Gasteiger partial charge in [-0.05, 0) is 50.3 Å². The topological polar surface area (TPSA) is 86.8 Å². The van der Waals surface area contributed by atoms with Crippen molar-refractivity contribution in [1.29, 1.82) is 0 Å². The fourth-order valence-electron chi connectivity index (χ4n) is 4.45. The molecule has 1 saturated carbocycles. The minimum Gasteiger partial charge on any atom is -0.352 e. The molecule has 0 radical (unpaired) electrons. The van der Waals surface area contributed by atoms with Crippen LogP contribution in [0.25, 0.3) is 0 Å². The van der Waals surface area contributed by atoms with Gasteiger partial charge in [0.15, 0.2) is 0 Å². The van der Waals surface area contributed by atoms with E-state index in [0.717, 1.165) is 31.2 Å². The van der Waals surface area contributed by atoms with Gasteiger partial charge in [0.2, 0.25) is 21.8 Å². The van der Waals surface area contributed by atoms with Crippen molar-refractivity contribution in [3.8, 4) is 0 Å². The zero-order valence-electron chi connectivity index (χ0n) is 20.7. The number of benzene rings is 2. The van der Waals surface area contributed by atoms with Crippen molar-refractivity contribution in [3.05, 3.63) is 66.2 Å². The summed E-state index contributed by atoms with van der Waals surface area (Å²) in [6, 6.07) is 17.8. The predicted molar refractivity (Wildman–Crippen MR) is 137 cm³/mol. The second kappa shape index (κ2) is 12.8. The van der Waals surface area contributed by atoms with E-state index in [4.69, 9.17) is 0 Å². The molecule has 2 aromatic carbocycles. The molecule has 0 spiro atoms. The molecule has 2 aromatic rings.